The maximum atomic E-state index is 13.8. The van der Waals surface area contributed by atoms with Gasteiger partial charge < -0.3 is 29.4 Å². The van der Waals surface area contributed by atoms with Crippen LogP contribution in [0.4, 0.5) is 5.82 Å². The molecule has 2 bridgehead atoms. The Hall–Kier alpha value is -4.15. The summed E-state index contributed by atoms with van der Waals surface area (Å²) in [5.41, 5.74) is 10.7. The molecule has 2 N–H and O–H groups in total. The topological polar surface area (TPSA) is 107 Å². The Labute approximate surface area is 260 Å². The molecule has 1 saturated carbocycles. The minimum Gasteiger partial charge on any atom is -0.494 e. The summed E-state index contributed by atoms with van der Waals surface area (Å²) in [6.07, 6.45) is 3.87. The monoisotopic (exact) mass is 610 g/mol. The molecule has 5 aromatic rings. The third kappa shape index (κ3) is 4.26. The molecule has 1 amide bonds. The van der Waals surface area contributed by atoms with E-state index in [1.165, 1.54) is 0 Å². The zero-order valence-corrected chi connectivity index (χ0v) is 25.8. The van der Waals surface area contributed by atoms with Crippen molar-refractivity contribution in [1.29, 1.82) is 0 Å². The molecule has 3 fully saturated rings. The van der Waals surface area contributed by atoms with Gasteiger partial charge in [0.15, 0.2) is 5.82 Å². The molecule has 10 nitrogen and oxygen atoms in total. The number of halogens is 1. The SMILES string of the molecule is COc1cc(C(=O)N2C[C@H]3CC[C@@H]2[C@@H]3N)cc2nc(-c3cc4cc(Cl)ccc4n3C)n(CC3CN(c4ccnc(C)n4)C3)c12. The molecule has 226 valence electrons. The lowest BCUT2D eigenvalue weighted by Crippen LogP contribution is -2.49. The summed E-state index contributed by atoms with van der Waals surface area (Å²) >= 11 is 6.36. The molecule has 0 unspecified atom stereocenters. The van der Waals surface area contributed by atoms with Gasteiger partial charge in [-0.25, -0.2) is 15.0 Å². The summed E-state index contributed by atoms with van der Waals surface area (Å²) in [5.74, 6) is 3.94. The number of rotatable bonds is 6. The number of fused-ring (bicyclic) bond motifs is 4. The number of anilines is 1. The van der Waals surface area contributed by atoms with Gasteiger partial charge in [0.25, 0.3) is 5.91 Å². The van der Waals surface area contributed by atoms with Crippen molar-refractivity contribution in [3.8, 4) is 17.3 Å². The average Bonchev–Trinajstić information content (AvgIpc) is 3.73. The summed E-state index contributed by atoms with van der Waals surface area (Å²) < 4.78 is 10.4. The lowest BCUT2D eigenvalue weighted by atomic mass is 9.99. The van der Waals surface area contributed by atoms with E-state index in [9.17, 15) is 4.79 Å². The van der Waals surface area contributed by atoms with Gasteiger partial charge >= 0.3 is 0 Å². The number of imidazole rings is 1. The third-order valence-electron chi connectivity index (χ3n) is 9.90. The van der Waals surface area contributed by atoms with Gasteiger partial charge in [0.2, 0.25) is 0 Å². The molecular weight excluding hydrogens is 576 g/mol. The smallest absolute Gasteiger partial charge is 0.254 e. The molecule has 3 atom stereocenters. The number of aryl methyl sites for hydroxylation is 2. The fourth-order valence-corrected chi connectivity index (χ4v) is 7.80. The fraction of sp³-hybridized carbons (Fsp3) is 0.394. The van der Waals surface area contributed by atoms with E-state index in [1.54, 1.807) is 7.11 Å². The standard InChI is InChI=1S/C33H35ClN8O2/c1-18-36-9-8-29(37-18)40-14-19(15-40)16-42-31-24(38-32(42)27-12-21-10-23(34)5-7-25(21)39(27)2)11-22(13-28(31)44-3)33(43)41-17-20-4-6-26(41)30(20)35/h5,7-13,19-20,26,30H,4,6,14-17,35H2,1-3H3/t20-,26-,30-/m1/s1. The van der Waals surface area contributed by atoms with Crippen LogP contribution >= 0.6 is 11.6 Å². The summed E-state index contributed by atoms with van der Waals surface area (Å²) in [6.45, 7) is 5.11. The van der Waals surface area contributed by atoms with Crippen LogP contribution in [0.1, 0.15) is 29.0 Å². The van der Waals surface area contributed by atoms with Gasteiger partial charge in [-0.15, -0.1) is 0 Å². The number of piperidine rings is 1. The molecule has 0 spiro atoms. The molecule has 3 aromatic heterocycles. The van der Waals surface area contributed by atoms with Gasteiger partial charge in [-0.05, 0) is 68.1 Å². The highest BCUT2D eigenvalue weighted by molar-refractivity contribution is 6.31. The first-order valence-electron chi connectivity index (χ1n) is 15.2. The van der Waals surface area contributed by atoms with Crippen LogP contribution in [0.15, 0.2) is 48.7 Å². The zero-order valence-electron chi connectivity index (χ0n) is 25.1. The summed E-state index contributed by atoms with van der Waals surface area (Å²) in [6, 6.07) is 14.0. The molecule has 2 saturated heterocycles. The maximum absolute atomic E-state index is 13.8. The van der Waals surface area contributed by atoms with E-state index in [2.05, 4.69) is 37.1 Å². The Morgan fingerprint density at radius 1 is 1.09 bits per heavy atom. The van der Waals surface area contributed by atoms with Crippen LogP contribution in [-0.4, -0.2) is 73.7 Å². The van der Waals surface area contributed by atoms with E-state index < -0.39 is 0 Å². The number of aromatic nitrogens is 5. The van der Waals surface area contributed by atoms with Gasteiger partial charge in [-0.2, -0.15) is 0 Å². The van der Waals surface area contributed by atoms with Gasteiger partial charge in [0.1, 0.15) is 22.9 Å². The molecule has 1 aliphatic carbocycles. The average molecular weight is 611 g/mol. The number of likely N-dealkylation sites (tertiary alicyclic amines) is 1. The normalized spacial score (nSPS) is 21.5. The highest BCUT2D eigenvalue weighted by atomic mass is 35.5. The van der Waals surface area contributed by atoms with E-state index in [4.69, 9.17) is 27.1 Å². The number of carbonyl (C=O) groups is 1. The molecular formula is C33H35ClN8O2. The van der Waals surface area contributed by atoms with Gasteiger partial charge in [0.05, 0.1) is 18.3 Å². The van der Waals surface area contributed by atoms with E-state index in [0.717, 1.165) is 77.6 Å². The fourth-order valence-electron chi connectivity index (χ4n) is 7.62. The largest absolute Gasteiger partial charge is 0.494 e. The lowest BCUT2D eigenvalue weighted by Gasteiger charge is -2.40. The molecule has 2 aliphatic heterocycles. The van der Waals surface area contributed by atoms with Crippen molar-refractivity contribution >= 4 is 45.3 Å². The molecule has 8 rings (SSSR count). The molecule has 11 heteroatoms. The summed E-state index contributed by atoms with van der Waals surface area (Å²) in [4.78, 5) is 32.1. The predicted octanol–water partition coefficient (Wildman–Crippen LogP) is 4.65. The number of benzene rings is 2. The number of hydrogen-bond acceptors (Lipinski definition) is 7. The quantitative estimate of drug-likeness (QED) is 0.298. The highest BCUT2D eigenvalue weighted by Gasteiger charge is 2.47. The maximum Gasteiger partial charge on any atom is 0.254 e. The summed E-state index contributed by atoms with van der Waals surface area (Å²) in [5, 5.41) is 1.74. The van der Waals surface area contributed by atoms with Crippen molar-refractivity contribution in [1.82, 2.24) is 29.0 Å². The van der Waals surface area contributed by atoms with Crippen LogP contribution in [0.25, 0.3) is 33.5 Å². The van der Waals surface area contributed by atoms with E-state index in [-0.39, 0.29) is 18.0 Å². The molecule has 5 heterocycles. The predicted molar refractivity (Wildman–Crippen MR) is 171 cm³/mol. The number of carbonyl (C=O) groups excluding carboxylic acids is 1. The Balaban J connectivity index is 1.21. The second-order valence-corrected chi connectivity index (χ2v) is 13.0. The molecule has 3 aliphatic rings. The van der Waals surface area contributed by atoms with Crippen molar-refractivity contribution in [3.63, 3.8) is 0 Å². The zero-order chi connectivity index (χ0) is 30.3. The Morgan fingerprint density at radius 2 is 1.93 bits per heavy atom. The molecule has 44 heavy (non-hydrogen) atoms. The van der Waals surface area contributed by atoms with Crippen LogP contribution in [0.2, 0.25) is 5.02 Å². The highest BCUT2D eigenvalue weighted by Crippen LogP contribution is 2.40. The molecule has 0 radical (unpaired) electrons. The Kier molecular flexibility index (Phi) is 6.36. The Bertz CT molecular complexity index is 1940. The van der Waals surface area contributed by atoms with Crippen LogP contribution < -0.4 is 15.4 Å². The van der Waals surface area contributed by atoms with Gasteiger partial charge in [-0.3, -0.25) is 4.79 Å². The lowest BCUT2D eigenvalue weighted by molar-refractivity contribution is 0.0700. The van der Waals surface area contributed by atoms with Gasteiger partial charge in [-0.1, -0.05) is 11.6 Å². The van der Waals surface area contributed by atoms with Crippen molar-refractivity contribution in [2.45, 2.75) is 38.4 Å². The van der Waals surface area contributed by atoms with Crippen molar-refractivity contribution < 1.29 is 9.53 Å². The second-order valence-electron chi connectivity index (χ2n) is 12.6. The number of nitrogens with two attached hydrogens (primary N) is 1. The number of nitrogens with zero attached hydrogens (tertiary/aromatic N) is 7. The summed E-state index contributed by atoms with van der Waals surface area (Å²) in [7, 11) is 3.71. The van der Waals surface area contributed by atoms with Crippen LogP contribution in [0.5, 0.6) is 5.75 Å². The number of methoxy groups -OCH3 is 1. The number of ether oxygens (including phenoxy) is 1. The van der Waals surface area contributed by atoms with E-state index in [0.29, 0.717) is 34.7 Å². The van der Waals surface area contributed by atoms with Crippen LogP contribution in [0.3, 0.4) is 0 Å². The first-order valence-corrected chi connectivity index (χ1v) is 15.6. The van der Waals surface area contributed by atoms with Gasteiger partial charge in [0, 0.05) is 78.9 Å². The minimum absolute atomic E-state index is 0.00187. The minimum atomic E-state index is -0.00187. The van der Waals surface area contributed by atoms with Crippen molar-refractivity contribution in [2.75, 3.05) is 31.6 Å². The Morgan fingerprint density at radius 3 is 2.66 bits per heavy atom. The number of amides is 1. The van der Waals surface area contributed by atoms with E-state index in [1.807, 2.05) is 54.4 Å². The molecule has 2 aromatic carbocycles. The van der Waals surface area contributed by atoms with Crippen LogP contribution in [0, 0.1) is 18.8 Å². The van der Waals surface area contributed by atoms with Crippen molar-refractivity contribution in [2.24, 2.45) is 24.6 Å². The van der Waals surface area contributed by atoms with Crippen LogP contribution in [-0.2, 0) is 13.6 Å². The number of hydrogen-bond donors (Lipinski definition) is 1. The van der Waals surface area contributed by atoms with E-state index >= 15 is 0 Å². The third-order valence-corrected chi connectivity index (χ3v) is 10.1. The second kappa shape index (κ2) is 10.2. The van der Waals surface area contributed by atoms with Crippen molar-refractivity contribution in [3.05, 3.63) is 65.1 Å². The first kappa shape index (κ1) is 27.4. The first-order chi connectivity index (χ1) is 21.3.